The lowest BCUT2D eigenvalue weighted by Gasteiger charge is -2.14. The van der Waals surface area contributed by atoms with E-state index in [1.165, 1.54) is 0 Å². The van der Waals surface area contributed by atoms with Crippen molar-refractivity contribution >= 4 is 17.3 Å². The van der Waals surface area contributed by atoms with Gasteiger partial charge < -0.3 is 15.3 Å². The number of benzene rings is 1. The highest BCUT2D eigenvalue weighted by molar-refractivity contribution is 6.45. The monoisotopic (exact) mass is 205 g/mol. The molecule has 2 rings (SSSR count). The highest BCUT2D eigenvalue weighted by Crippen LogP contribution is 2.13. The highest BCUT2D eigenvalue weighted by Gasteiger charge is 2.17. The van der Waals surface area contributed by atoms with E-state index in [2.05, 4.69) is 5.16 Å². The fraction of sp³-hybridized carbons (Fsp3) is 0.200. The molecule has 1 aromatic carbocycles. The summed E-state index contributed by atoms with van der Waals surface area (Å²) in [4.78, 5) is 4.85. The van der Waals surface area contributed by atoms with Gasteiger partial charge in [-0.1, -0.05) is 18.2 Å². The average molecular weight is 205 g/mol. The van der Waals surface area contributed by atoms with E-state index in [1.807, 2.05) is 12.1 Å². The van der Waals surface area contributed by atoms with Gasteiger partial charge in [-0.3, -0.25) is 5.41 Å². The number of rotatable bonds is 2. The van der Waals surface area contributed by atoms with Crippen LogP contribution in [-0.2, 0) is 9.57 Å². The molecule has 0 saturated heterocycles. The molecule has 0 fully saturated rings. The third kappa shape index (κ3) is 1.90. The SMILES string of the molecule is N=C(C1=NOCCO1)c1ccccc1N. The minimum absolute atomic E-state index is 0.146. The Morgan fingerprint density at radius 1 is 1.33 bits per heavy atom. The van der Waals surface area contributed by atoms with E-state index < -0.39 is 0 Å². The first kappa shape index (κ1) is 9.51. The number of nitrogens with zero attached hydrogens (tertiary/aromatic N) is 1. The predicted octanol–water partition coefficient (Wildman–Crippen LogP) is 0.997. The molecule has 0 atom stereocenters. The zero-order valence-electron chi connectivity index (χ0n) is 8.06. The molecule has 78 valence electrons. The fourth-order valence-corrected chi connectivity index (χ4v) is 1.26. The third-order valence-corrected chi connectivity index (χ3v) is 2.00. The summed E-state index contributed by atoms with van der Waals surface area (Å²) in [6, 6.07) is 7.10. The molecule has 1 aromatic rings. The van der Waals surface area contributed by atoms with Gasteiger partial charge in [0.1, 0.15) is 12.3 Å². The van der Waals surface area contributed by atoms with Gasteiger partial charge in [-0.15, -0.1) is 0 Å². The number of hydrogen-bond donors (Lipinski definition) is 2. The number of nitrogens with one attached hydrogen (secondary N) is 1. The molecule has 0 radical (unpaired) electrons. The summed E-state index contributed by atoms with van der Waals surface area (Å²) >= 11 is 0. The normalized spacial score (nSPS) is 14.8. The molecular weight excluding hydrogens is 194 g/mol. The Hall–Kier alpha value is -2.04. The van der Waals surface area contributed by atoms with Crippen molar-refractivity contribution in [3.63, 3.8) is 0 Å². The van der Waals surface area contributed by atoms with Crippen molar-refractivity contribution in [1.29, 1.82) is 5.41 Å². The maximum atomic E-state index is 7.85. The Kier molecular flexibility index (Phi) is 2.53. The first-order valence-corrected chi connectivity index (χ1v) is 4.55. The van der Waals surface area contributed by atoms with E-state index in [0.29, 0.717) is 24.5 Å². The lowest BCUT2D eigenvalue weighted by Crippen LogP contribution is -2.25. The number of nitrogens with two attached hydrogens (primary N) is 1. The minimum Gasteiger partial charge on any atom is -0.470 e. The Labute approximate surface area is 87.0 Å². The molecule has 0 bridgehead atoms. The summed E-state index contributed by atoms with van der Waals surface area (Å²) in [6.07, 6.45) is 0. The number of ether oxygens (including phenoxy) is 1. The Bertz CT molecular complexity index is 415. The second-order valence-electron chi connectivity index (χ2n) is 3.04. The van der Waals surface area contributed by atoms with Crippen LogP contribution in [0.25, 0.3) is 0 Å². The summed E-state index contributed by atoms with van der Waals surface area (Å²) in [6.45, 7) is 0.828. The van der Waals surface area contributed by atoms with Crippen molar-refractivity contribution in [3.8, 4) is 0 Å². The van der Waals surface area contributed by atoms with Crippen LogP contribution >= 0.6 is 0 Å². The van der Waals surface area contributed by atoms with E-state index in [9.17, 15) is 0 Å². The van der Waals surface area contributed by atoms with Crippen molar-refractivity contribution in [2.45, 2.75) is 0 Å². The van der Waals surface area contributed by atoms with E-state index in [1.54, 1.807) is 12.1 Å². The van der Waals surface area contributed by atoms with Crippen LogP contribution in [0.4, 0.5) is 5.69 Å². The predicted molar refractivity (Wildman–Crippen MR) is 57.0 cm³/mol. The zero-order valence-corrected chi connectivity index (χ0v) is 8.06. The summed E-state index contributed by atoms with van der Waals surface area (Å²) in [5, 5.41) is 11.5. The zero-order chi connectivity index (χ0) is 10.7. The van der Waals surface area contributed by atoms with Gasteiger partial charge in [-0.05, 0) is 11.2 Å². The van der Waals surface area contributed by atoms with Crippen LogP contribution in [0.5, 0.6) is 0 Å². The molecular formula is C10H11N3O2. The third-order valence-electron chi connectivity index (χ3n) is 2.00. The van der Waals surface area contributed by atoms with Gasteiger partial charge >= 0.3 is 0 Å². The first-order valence-electron chi connectivity index (χ1n) is 4.55. The fourth-order valence-electron chi connectivity index (χ4n) is 1.26. The average Bonchev–Trinajstić information content (AvgIpc) is 2.30. The lowest BCUT2D eigenvalue weighted by atomic mass is 10.1. The van der Waals surface area contributed by atoms with E-state index in [4.69, 9.17) is 20.7 Å². The van der Waals surface area contributed by atoms with Gasteiger partial charge in [0.25, 0.3) is 5.90 Å². The largest absolute Gasteiger partial charge is 0.470 e. The van der Waals surface area contributed by atoms with Crippen molar-refractivity contribution < 1.29 is 9.57 Å². The van der Waals surface area contributed by atoms with Crippen LogP contribution in [0.3, 0.4) is 0 Å². The number of oxime groups is 1. The molecule has 3 N–H and O–H groups in total. The Balaban J connectivity index is 2.28. The summed E-state index contributed by atoms with van der Waals surface area (Å²) in [5.74, 6) is 0.180. The Morgan fingerprint density at radius 3 is 2.80 bits per heavy atom. The van der Waals surface area contributed by atoms with Crippen molar-refractivity contribution in [2.24, 2.45) is 5.16 Å². The first-order chi connectivity index (χ1) is 7.29. The molecule has 1 aliphatic rings. The Morgan fingerprint density at radius 2 is 2.13 bits per heavy atom. The molecule has 5 heteroatoms. The maximum Gasteiger partial charge on any atom is 0.276 e. The molecule has 0 amide bonds. The molecule has 1 heterocycles. The smallest absolute Gasteiger partial charge is 0.276 e. The molecule has 0 aliphatic carbocycles. The van der Waals surface area contributed by atoms with E-state index in [0.717, 1.165) is 0 Å². The van der Waals surface area contributed by atoms with Crippen molar-refractivity contribution in [3.05, 3.63) is 29.8 Å². The molecule has 5 nitrogen and oxygen atoms in total. The molecule has 0 saturated carbocycles. The van der Waals surface area contributed by atoms with Crippen molar-refractivity contribution in [2.75, 3.05) is 18.9 Å². The van der Waals surface area contributed by atoms with Gasteiger partial charge in [0.2, 0.25) is 0 Å². The van der Waals surface area contributed by atoms with E-state index in [-0.39, 0.29) is 11.6 Å². The van der Waals surface area contributed by atoms with Crippen LogP contribution in [0.15, 0.2) is 29.4 Å². The number of anilines is 1. The quantitative estimate of drug-likeness (QED) is 0.558. The number of nitrogen functional groups attached to an aromatic ring is 1. The van der Waals surface area contributed by atoms with Crippen LogP contribution in [0.2, 0.25) is 0 Å². The molecule has 0 spiro atoms. The van der Waals surface area contributed by atoms with Crippen molar-refractivity contribution in [1.82, 2.24) is 0 Å². The number of hydrogen-bond acceptors (Lipinski definition) is 5. The lowest BCUT2D eigenvalue weighted by molar-refractivity contribution is 0.0676. The standard InChI is InChI=1S/C10H11N3O2/c11-8-4-2-1-3-7(8)9(12)10-13-15-6-5-14-10/h1-4,12H,5-6,11H2. The van der Waals surface area contributed by atoms with Gasteiger partial charge in [-0.2, -0.15) is 0 Å². The molecule has 0 unspecified atom stereocenters. The number of para-hydroxylation sites is 1. The summed E-state index contributed by atoms with van der Waals surface area (Å²) in [5.41, 5.74) is 7.01. The van der Waals surface area contributed by atoms with Crippen LogP contribution in [0.1, 0.15) is 5.56 Å². The van der Waals surface area contributed by atoms with Crippen LogP contribution < -0.4 is 5.73 Å². The van der Waals surface area contributed by atoms with Gasteiger partial charge in [0.05, 0.1) is 0 Å². The molecule has 0 aromatic heterocycles. The van der Waals surface area contributed by atoms with Gasteiger partial charge in [-0.25, -0.2) is 0 Å². The second-order valence-corrected chi connectivity index (χ2v) is 3.04. The second kappa shape index (κ2) is 4.00. The highest BCUT2D eigenvalue weighted by atomic mass is 16.7. The summed E-state index contributed by atoms with van der Waals surface area (Å²) in [7, 11) is 0. The molecule has 15 heavy (non-hydrogen) atoms. The van der Waals surface area contributed by atoms with Crippen LogP contribution in [-0.4, -0.2) is 24.8 Å². The van der Waals surface area contributed by atoms with Gasteiger partial charge in [0, 0.05) is 11.3 Å². The maximum absolute atomic E-state index is 7.85. The topological polar surface area (TPSA) is 80.7 Å². The molecule has 1 aliphatic heterocycles. The minimum atomic E-state index is 0.146. The van der Waals surface area contributed by atoms with Gasteiger partial charge in [0.15, 0.2) is 6.61 Å². The van der Waals surface area contributed by atoms with Crippen LogP contribution in [0, 0.1) is 5.41 Å². The summed E-state index contributed by atoms with van der Waals surface area (Å²) < 4.78 is 5.19. The van der Waals surface area contributed by atoms with E-state index >= 15 is 0 Å².